The van der Waals surface area contributed by atoms with Crippen molar-refractivity contribution in [2.24, 2.45) is 0 Å². The number of hydrogen-bond donors (Lipinski definition) is 1. The number of nitrogens with zero attached hydrogens (tertiary/aromatic N) is 2. The van der Waals surface area contributed by atoms with Gasteiger partial charge in [-0.25, -0.2) is 17.8 Å². The van der Waals surface area contributed by atoms with Gasteiger partial charge in [0.1, 0.15) is 24.3 Å². The molecular formula is C32H33FN2O6S. The Morgan fingerprint density at radius 3 is 2.57 bits per heavy atom. The van der Waals surface area contributed by atoms with Crippen LogP contribution in [-0.2, 0) is 21.1 Å². The van der Waals surface area contributed by atoms with E-state index in [0.29, 0.717) is 56.3 Å². The SMILES string of the molecule is CC#CC(CC(=O)O)c1ccc(O[C@@H]2CCc3c(-c4ccc(OCCN5CCS(=O)(=O)CC5)nc4)ccc(F)c32)cc1. The largest absolute Gasteiger partial charge is 0.486 e. The van der Waals surface area contributed by atoms with E-state index in [2.05, 4.69) is 21.7 Å². The number of halogens is 1. The van der Waals surface area contributed by atoms with E-state index in [-0.39, 0.29) is 23.7 Å². The standard InChI is InChI=1S/C32H33FN2O6S/c1-2-3-23(20-31(36)37)22-4-7-25(8-5-22)41-29-12-10-27-26(9-11-28(33)32(27)29)24-6-13-30(34-21-24)40-17-14-35-15-18-42(38,39)19-16-35/h4-9,11,13,21,23,29H,10,12,14-20H2,1H3,(H,36,37)/t23?,29-/m1/s1. The zero-order valence-corrected chi connectivity index (χ0v) is 24.2. The molecule has 0 saturated carbocycles. The van der Waals surface area contributed by atoms with Gasteiger partial charge in [0.25, 0.3) is 0 Å². The molecule has 0 amide bonds. The van der Waals surface area contributed by atoms with Gasteiger partial charge in [-0.15, -0.1) is 5.92 Å². The maximum atomic E-state index is 15.1. The highest BCUT2D eigenvalue weighted by Crippen LogP contribution is 2.42. The highest BCUT2D eigenvalue weighted by Gasteiger charge is 2.30. The molecule has 1 saturated heterocycles. The number of benzene rings is 2. The number of fused-ring (bicyclic) bond motifs is 1. The van der Waals surface area contributed by atoms with Crippen LogP contribution in [0.4, 0.5) is 4.39 Å². The van der Waals surface area contributed by atoms with E-state index in [4.69, 9.17) is 9.47 Å². The molecular weight excluding hydrogens is 559 g/mol. The Morgan fingerprint density at radius 1 is 1.14 bits per heavy atom. The van der Waals surface area contributed by atoms with E-state index in [9.17, 15) is 18.3 Å². The van der Waals surface area contributed by atoms with Crippen molar-refractivity contribution < 1.29 is 32.2 Å². The highest BCUT2D eigenvalue weighted by atomic mass is 32.2. The Hall–Kier alpha value is -3.94. The first kappa shape index (κ1) is 29.5. The predicted molar refractivity (Wildman–Crippen MR) is 157 cm³/mol. The minimum Gasteiger partial charge on any atom is -0.486 e. The first-order valence-corrected chi connectivity index (χ1v) is 15.8. The van der Waals surface area contributed by atoms with Crippen LogP contribution in [0, 0.1) is 17.7 Å². The summed E-state index contributed by atoms with van der Waals surface area (Å²) >= 11 is 0. The Morgan fingerprint density at radius 2 is 1.90 bits per heavy atom. The second kappa shape index (κ2) is 12.9. The molecule has 2 aromatic carbocycles. The van der Waals surface area contributed by atoms with Crippen LogP contribution in [0.2, 0.25) is 0 Å². The smallest absolute Gasteiger partial charge is 0.304 e. The summed E-state index contributed by atoms with van der Waals surface area (Å²) in [5, 5.41) is 9.19. The topological polar surface area (TPSA) is 106 Å². The zero-order valence-electron chi connectivity index (χ0n) is 23.4. The number of carbonyl (C=O) groups is 1. The third-order valence-corrected chi connectivity index (χ3v) is 9.29. The molecule has 1 N–H and O–H groups in total. The van der Waals surface area contributed by atoms with Crippen LogP contribution >= 0.6 is 0 Å². The first-order valence-electron chi connectivity index (χ1n) is 14.0. The van der Waals surface area contributed by atoms with Crippen molar-refractivity contribution in [3.05, 3.63) is 77.2 Å². The van der Waals surface area contributed by atoms with Crippen LogP contribution in [-0.4, -0.2) is 67.1 Å². The molecule has 2 aliphatic rings. The predicted octanol–water partition coefficient (Wildman–Crippen LogP) is 4.64. The number of ether oxygens (including phenoxy) is 2. The number of carboxylic acid groups (broad SMARTS) is 1. The van der Waals surface area contributed by atoms with Crippen molar-refractivity contribution in [3.8, 4) is 34.6 Å². The van der Waals surface area contributed by atoms with Crippen molar-refractivity contribution in [1.82, 2.24) is 9.88 Å². The molecule has 0 bridgehead atoms. The highest BCUT2D eigenvalue weighted by molar-refractivity contribution is 7.91. The summed E-state index contributed by atoms with van der Waals surface area (Å²) in [6.45, 7) is 3.76. The summed E-state index contributed by atoms with van der Waals surface area (Å²) in [5.74, 6) is 5.52. The monoisotopic (exact) mass is 592 g/mol. The summed E-state index contributed by atoms with van der Waals surface area (Å²) in [5.41, 5.74) is 3.98. The molecule has 10 heteroatoms. The second-order valence-corrected chi connectivity index (χ2v) is 12.8. The summed E-state index contributed by atoms with van der Waals surface area (Å²) in [6.07, 6.45) is 2.47. The third kappa shape index (κ3) is 7.09. The summed E-state index contributed by atoms with van der Waals surface area (Å²) in [4.78, 5) is 17.7. The Bertz CT molecular complexity index is 1580. The van der Waals surface area contributed by atoms with Crippen molar-refractivity contribution in [2.75, 3.05) is 37.7 Å². The van der Waals surface area contributed by atoms with Crippen molar-refractivity contribution >= 4 is 15.8 Å². The molecule has 2 heterocycles. The van der Waals surface area contributed by atoms with Gasteiger partial charge in [0.2, 0.25) is 5.88 Å². The van der Waals surface area contributed by atoms with Gasteiger partial charge in [-0.1, -0.05) is 24.1 Å². The number of hydrogen-bond acceptors (Lipinski definition) is 7. The first-order chi connectivity index (χ1) is 20.2. The van der Waals surface area contributed by atoms with Crippen molar-refractivity contribution in [3.63, 3.8) is 0 Å². The maximum absolute atomic E-state index is 15.1. The number of aliphatic carboxylic acids is 1. The van der Waals surface area contributed by atoms with E-state index in [0.717, 1.165) is 22.3 Å². The second-order valence-electron chi connectivity index (χ2n) is 10.5. The summed E-state index contributed by atoms with van der Waals surface area (Å²) in [6, 6.07) is 14.1. The number of pyridine rings is 1. The van der Waals surface area contributed by atoms with Crippen LogP contribution in [0.15, 0.2) is 54.7 Å². The quantitative estimate of drug-likeness (QED) is 0.340. The van der Waals surface area contributed by atoms with Gasteiger partial charge in [0.15, 0.2) is 9.84 Å². The molecule has 1 fully saturated rings. The van der Waals surface area contributed by atoms with Crippen LogP contribution < -0.4 is 9.47 Å². The fourth-order valence-electron chi connectivity index (χ4n) is 5.48. The number of sulfone groups is 1. The lowest BCUT2D eigenvalue weighted by Gasteiger charge is -2.26. The van der Waals surface area contributed by atoms with Crippen molar-refractivity contribution in [1.29, 1.82) is 0 Å². The van der Waals surface area contributed by atoms with E-state index < -0.39 is 27.8 Å². The van der Waals surface area contributed by atoms with Crippen LogP contribution in [0.5, 0.6) is 11.6 Å². The van der Waals surface area contributed by atoms with Crippen LogP contribution in [0.3, 0.4) is 0 Å². The molecule has 2 atom stereocenters. The molecule has 8 nitrogen and oxygen atoms in total. The summed E-state index contributed by atoms with van der Waals surface area (Å²) < 4.78 is 50.3. The average Bonchev–Trinajstić information content (AvgIpc) is 3.39. The summed E-state index contributed by atoms with van der Waals surface area (Å²) in [7, 11) is -2.91. The average molecular weight is 593 g/mol. The molecule has 1 aliphatic heterocycles. The molecule has 5 rings (SSSR count). The lowest BCUT2D eigenvalue weighted by molar-refractivity contribution is -0.137. The van der Waals surface area contributed by atoms with Gasteiger partial charge < -0.3 is 14.6 Å². The zero-order chi connectivity index (χ0) is 29.7. The fraction of sp³-hybridized carbons (Fsp3) is 0.375. The Kier molecular flexibility index (Phi) is 9.09. The van der Waals surface area contributed by atoms with E-state index in [1.54, 1.807) is 37.4 Å². The molecule has 220 valence electrons. The van der Waals surface area contributed by atoms with Gasteiger partial charge in [0, 0.05) is 43.0 Å². The van der Waals surface area contributed by atoms with Gasteiger partial charge in [0.05, 0.1) is 23.8 Å². The Balaban J connectivity index is 1.23. The lowest BCUT2D eigenvalue weighted by atomic mass is 9.96. The van der Waals surface area contributed by atoms with Gasteiger partial charge in [-0.3, -0.25) is 9.69 Å². The van der Waals surface area contributed by atoms with Gasteiger partial charge in [-0.2, -0.15) is 0 Å². The lowest BCUT2D eigenvalue weighted by Crippen LogP contribution is -2.42. The fourth-order valence-corrected chi connectivity index (χ4v) is 6.76. The van der Waals surface area contributed by atoms with Gasteiger partial charge >= 0.3 is 5.97 Å². The Labute approximate surface area is 245 Å². The number of aromatic nitrogens is 1. The molecule has 0 spiro atoms. The van der Waals surface area contributed by atoms with Gasteiger partial charge in [-0.05, 0) is 60.7 Å². The normalized spacial score (nSPS) is 18.4. The minimum atomic E-state index is -2.91. The van der Waals surface area contributed by atoms with E-state index in [1.807, 2.05) is 18.2 Å². The van der Waals surface area contributed by atoms with Crippen LogP contribution in [0.1, 0.15) is 48.5 Å². The maximum Gasteiger partial charge on any atom is 0.304 e. The molecule has 3 aromatic rings. The number of rotatable bonds is 10. The molecule has 0 radical (unpaired) electrons. The van der Waals surface area contributed by atoms with E-state index >= 15 is 4.39 Å². The molecule has 1 unspecified atom stereocenters. The van der Waals surface area contributed by atoms with Crippen LogP contribution in [0.25, 0.3) is 11.1 Å². The molecule has 42 heavy (non-hydrogen) atoms. The minimum absolute atomic E-state index is 0.0835. The molecule has 1 aliphatic carbocycles. The van der Waals surface area contributed by atoms with Crippen molar-refractivity contribution in [2.45, 2.75) is 38.2 Å². The molecule has 1 aromatic heterocycles. The third-order valence-electron chi connectivity index (χ3n) is 7.68. The number of carboxylic acids is 1. The van der Waals surface area contributed by atoms with E-state index in [1.165, 1.54) is 6.07 Å².